The normalized spacial score (nSPS) is 11.6. The molecule has 0 fully saturated rings. The second kappa shape index (κ2) is 10.2. The topological polar surface area (TPSA) is 64.7 Å². The van der Waals surface area contributed by atoms with Gasteiger partial charge in [0.1, 0.15) is 5.52 Å². The van der Waals surface area contributed by atoms with Gasteiger partial charge in [-0.25, -0.2) is 19.9 Å². The van der Waals surface area contributed by atoms with E-state index in [9.17, 15) is 0 Å². The van der Waals surface area contributed by atoms with Crippen LogP contribution in [0.1, 0.15) is 0 Å². The van der Waals surface area contributed by atoms with Crippen molar-refractivity contribution in [1.29, 1.82) is 0 Å². The molecular formula is C40H24N4O. The molecule has 0 N–H and O–H groups in total. The molecule has 9 aromatic rings. The number of nitrogens with zero attached hydrogens (tertiary/aromatic N) is 4. The molecule has 9 rings (SSSR count). The summed E-state index contributed by atoms with van der Waals surface area (Å²) in [5, 5.41) is 6.50. The highest BCUT2D eigenvalue weighted by atomic mass is 16.3. The van der Waals surface area contributed by atoms with Gasteiger partial charge in [-0.15, -0.1) is 0 Å². The summed E-state index contributed by atoms with van der Waals surface area (Å²) in [6.07, 6.45) is 0. The molecule has 7 aromatic carbocycles. The molecule has 0 bridgehead atoms. The SMILES string of the molecule is c1ccc(-c2nc(-c3ccccc3)nc(-c3cc4ccc5ccc6nc(-c7ccccc7)oc6c5c4c4ccccc34)n2)cc1. The first-order valence-electron chi connectivity index (χ1n) is 14.9. The van der Waals surface area contributed by atoms with E-state index in [1.54, 1.807) is 0 Å². The maximum absolute atomic E-state index is 6.52. The minimum atomic E-state index is 0.614. The molecule has 45 heavy (non-hydrogen) atoms. The summed E-state index contributed by atoms with van der Waals surface area (Å²) in [7, 11) is 0. The zero-order valence-electron chi connectivity index (χ0n) is 24.1. The maximum Gasteiger partial charge on any atom is 0.227 e. The second-order valence-corrected chi connectivity index (χ2v) is 11.1. The van der Waals surface area contributed by atoms with Crippen molar-refractivity contribution in [2.45, 2.75) is 0 Å². The van der Waals surface area contributed by atoms with Crippen LogP contribution < -0.4 is 0 Å². The number of fused-ring (bicyclic) bond motifs is 7. The molecule has 0 radical (unpaired) electrons. The molecule has 2 heterocycles. The van der Waals surface area contributed by atoms with E-state index >= 15 is 0 Å². The molecule has 0 saturated carbocycles. The first-order chi connectivity index (χ1) is 22.3. The van der Waals surface area contributed by atoms with Gasteiger partial charge >= 0.3 is 0 Å². The van der Waals surface area contributed by atoms with Crippen molar-refractivity contribution in [1.82, 2.24) is 19.9 Å². The van der Waals surface area contributed by atoms with E-state index in [1.807, 2.05) is 97.1 Å². The Morgan fingerprint density at radius 3 is 1.60 bits per heavy atom. The Labute approximate surface area is 258 Å². The number of hydrogen-bond acceptors (Lipinski definition) is 5. The standard InChI is InChI=1S/C40H24N4O/c1-4-12-26(13-5-1)37-42-38(27-14-6-2-7-15-27)44-39(43-37)32-24-29-21-20-25-22-23-33-36(45-40(41-33)28-16-8-3-9-17-28)35(25)34(29)31-19-11-10-18-30(31)32/h1-24H. The fraction of sp³-hybridized carbons (Fsp3) is 0. The van der Waals surface area contributed by atoms with Gasteiger partial charge in [0.15, 0.2) is 23.1 Å². The van der Waals surface area contributed by atoms with Crippen molar-refractivity contribution < 1.29 is 4.42 Å². The predicted molar refractivity (Wildman–Crippen MR) is 182 cm³/mol. The summed E-state index contributed by atoms with van der Waals surface area (Å²) >= 11 is 0. The van der Waals surface area contributed by atoms with Crippen molar-refractivity contribution in [3.63, 3.8) is 0 Å². The number of rotatable bonds is 4. The van der Waals surface area contributed by atoms with Crippen LogP contribution in [0.3, 0.4) is 0 Å². The van der Waals surface area contributed by atoms with Crippen LogP contribution in [0.25, 0.3) is 89.0 Å². The fourth-order valence-electron chi connectivity index (χ4n) is 6.21. The van der Waals surface area contributed by atoms with E-state index < -0.39 is 0 Å². The van der Waals surface area contributed by atoms with Gasteiger partial charge in [-0.05, 0) is 45.8 Å². The Morgan fingerprint density at radius 2 is 0.933 bits per heavy atom. The highest BCUT2D eigenvalue weighted by Gasteiger charge is 2.19. The molecule has 0 saturated heterocycles. The van der Waals surface area contributed by atoms with Crippen LogP contribution in [-0.2, 0) is 0 Å². The van der Waals surface area contributed by atoms with Crippen LogP contribution in [0.15, 0.2) is 150 Å². The number of aromatic nitrogens is 4. The smallest absolute Gasteiger partial charge is 0.227 e. The van der Waals surface area contributed by atoms with Crippen LogP contribution in [0.5, 0.6) is 0 Å². The van der Waals surface area contributed by atoms with E-state index in [-0.39, 0.29) is 0 Å². The van der Waals surface area contributed by atoms with Crippen molar-refractivity contribution >= 4 is 43.4 Å². The van der Waals surface area contributed by atoms with E-state index in [0.29, 0.717) is 23.4 Å². The molecule has 0 aliphatic carbocycles. The second-order valence-electron chi connectivity index (χ2n) is 11.1. The van der Waals surface area contributed by atoms with Crippen LogP contribution in [0, 0.1) is 0 Å². The average molecular weight is 577 g/mol. The number of hydrogen-bond donors (Lipinski definition) is 0. The molecule has 2 aromatic heterocycles. The third kappa shape index (κ3) is 4.25. The van der Waals surface area contributed by atoms with E-state index in [0.717, 1.165) is 65.7 Å². The molecule has 5 nitrogen and oxygen atoms in total. The Kier molecular flexibility index (Phi) is 5.74. The summed E-state index contributed by atoms with van der Waals surface area (Å²) in [6, 6.07) is 49.3. The first kappa shape index (κ1) is 25.3. The van der Waals surface area contributed by atoms with Gasteiger partial charge in [-0.3, -0.25) is 0 Å². The van der Waals surface area contributed by atoms with Gasteiger partial charge in [0.05, 0.1) is 0 Å². The van der Waals surface area contributed by atoms with Gasteiger partial charge < -0.3 is 4.42 Å². The lowest BCUT2D eigenvalue weighted by Gasteiger charge is -2.14. The lowest BCUT2D eigenvalue weighted by Crippen LogP contribution is -2.00. The van der Waals surface area contributed by atoms with Crippen molar-refractivity contribution in [3.05, 3.63) is 146 Å². The Morgan fingerprint density at radius 1 is 0.400 bits per heavy atom. The molecular weight excluding hydrogens is 552 g/mol. The predicted octanol–water partition coefficient (Wildman–Crippen LogP) is 10.1. The molecule has 0 amide bonds. The minimum Gasteiger partial charge on any atom is -0.435 e. The van der Waals surface area contributed by atoms with Crippen LogP contribution >= 0.6 is 0 Å². The fourth-order valence-corrected chi connectivity index (χ4v) is 6.21. The van der Waals surface area contributed by atoms with Crippen molar-refractivity contribution in [2.24, 2.45) is 0 Å². The third-order valence-corrected chi connectivity index (χ3v) is 8.32. The zero-order chi connectivity index (χ0) is 29.7. The van der Waals surface area contributed by atoms with Crippen LogP contribution in [-0.4, -0.2) is 19.9 Å². The van der Waals surface area contributed by atoms with Crippen molar-refractivity contribution in [2.75, 3.05) is 0 Å². The lowest BCUT2D eigenvalue weighted by atomic mass is 9.92. The highest BCUT2D eigenvalue weighted by molar-refractivity contribution is 6.28. The van der Waals surface area contributed by atoms with Crippen LogP contribution in [0.4, 0.5) is 0 Å². The summed E-state index contributed by atoms with van der Waals surface area (Å²) in [4.78, 5) is 19.9. The first-order valence-corrected chi connectivity index (χ1v) is 14.9. The molecule has 0 atom stereocenters. The summed E-state index contributed by atoms with van der Waals surface area (Å²) in [5.41, 5.74) is 5.40. The monoisotopic (exact) mass is 576 g/mol. The summed E-state index contributed by atoms with van der Waals surface area (Å²) < 4.78 is 6.52. The number of benzene rings is 7. The largest absolute Gasteiger partial charge is 0.435 e. The van der Waals surface area contributed by atoms with Gasteiger partial charge in [0, 0.05) is 33.0 Å². The third-order valence-electron chi connectivity index (χ3n) is 8.32. The van der Waals surface area contributed by atoms with E-state index in [4.69, 9.17) is 24.4 Å². The van der Waals surface area contributed by atoms with Gasteiger partial charge in [0.2, 0.25) is 5.89 Å². The van der Waals surface area contributed by atoms with Crippen molar-refractivity contribution in [3.8, 4) is 45.6 Å². The Balaban J connectivity index is 1.34. The quantitative estimate of drug-likeness (QED) is 0.195. The van der Waals surface area contributed by atoms with E-state index in [1.165, 1.54) is 0 Å². The highest BCUT2D eigenvalue weighted by Crippen LogP contribution is 2.41. The van der Waals surface area contributed by atoms with Crippen LogP contribution in [0.2, 0.25) is 0 Å². The lowest BCUT2D eigenvalue weighted by molar-refractivity contribution is 0.623. The average Bonchev–Trinajstić information content (AvgIpc) is 3.57. The molecule has 0 unspecified atom stereocenters. The maximum atomic E-state index is 6.52. The zero-order valence-corrected chi connectivity index (χ0v) is 24.1. The summed E-state index contributed by atoms with van der Waals surface area (Å²) in [5.74, 6) is 2.52. The van der Waals surface area contributed by atoms with Gasteiger partial charge in [-0.2, -0.15) is 0 Å². The molecule has 5 heteroatoms. The molecule has 0 aliphatic rings. The van der Waals surface area contributed by atoms with Gasteiger partial charge in [-0.1, -0.05) is 121 Å². The molecule has 210 valence electrons. The molecule has 0 aliphatic heterocycles. The van der Waals surface area contributed by atoms with E-state index in [2.05, 4.69) is 48.5 Å². The Hall–Kier alpha value is -6.20. The Bertz CT molecular complexity index is 2470. The summed E-state index contributed by atoms with van der Waals surface area (Å²) in [6.45, 7) is 0. The minimum absolute atomic E-state index is 0.614. The number of oxazole rings is 1. The molecule has 0 spiro atoms. The van der Waals surface area contributed by atoms with Gasteiger partial charge in [0.25, 0.3) is 0 Å².